The van der Waals surface area contributed by atoms with Crippen molar-refractivity contribution in [1.82, 2.24) is 20.9 Å². The summed E-state index contributed by atoms with van der Waals surface area (Å²) in [5.41, 5.74) is -0.244. The Morgan fingerprint density at radius 3 is 2.63 bits per heavy atom. The van der Waals surface area contributed by atoms with Gasteiger partial charge in [-0.15, -0.1) is 0 Å². The van der Waals surface area contributed by atoms with Crippen LogP contribution >= 0.6 is 0 Å². The standard InChI is InChI=1S/C13H26N4O2/c1-5-15-12(19)10-8-14-6-7-17(10)9-11(18)16-13(2,3)4/h10,14H,5-9H2,1-4H3,(H,15,19)(H,16,18). The number of amides is 2. The minimum atomic E-state index is -0.264. The molecule has 0 spiro atoms. The van der Waals surface area contributed by atoms with Crippen LogP contribution in [-0.4, -0.2) is 61.0 Å². The van der Waals surface area contributed by atoms with Gasteiger partial charge in [0.2, 0.25) is 11.8 Å². The molecule has 6 nitrogen and oxygen atoms in total. The Balaban J connectivity index is 2.57. The van der Waals surface area contributed by atoms with Crippen LogP contribution in [0.15, 0.2) is 0 Å². The van der Waals surface area contributed by atoms with Crippen molar-refractivity contribution < 1.29 is 9.59 Å². The minimum absolute atomic E-state index is 0.0155. The Hall–Kier alpha value is -1.14. The molecule has 0 aromatic heterocycles. The van der Waals surface area contributed by atoms with Crippen LogP contribution in [0.5, 0.6) is 0 Å². The summed E-state index contributed by atoms with van der Waals surface area (Å²) in [5.74, 6) is -0.0537. The van der Waals surface area contributed by atoms with E-state index in [1.54, 1.807) is 0 Å². The van der Waals surface area contributed by atoms with Gasteiger partial charge in [-0.3, -0.25) is 14.5 Å². The van der Waals surface area contributed by atoms with Crippen LogP contribution in [0.25, 0.3) is 0 Å². The zero-order chi connectivity index (χ0) is 14.5. The second-order valence-corrected chi connectivity index (χ2v) is 5.88. The van der Waals surface area contributed by atoms with Crippen LogP contribution in [0.3, 0.4) is 0 Å². The van der Waals surface area contributed by atoms with Gasteiger partial charge in [0.1, 0.15) is 6.04 Å². The first-order chi connectivity index (χ1) is 8.83. The molecule has 1 aliphatic rings. The summed E-state index contributed by atoms with van der Waals surface area (Å²) >= 11 is 0. The largest absolute Gasteiger partial charge is 0.355 e. The highest BCUT2D eigenvalue weighted by molar-refractivity contribution is 5.84. The van der Waals surface area contributed by atoms with E-state index in [0.29, 0.717) is 19.6 Å². The lowest BCUT2D eigenvalue weighted by Crippen LogP contribution is -2.60. The van der Waals surface area contributed by atoms with Gasteiger partial charge in [0.05, 0.1) is 6.54 Å². The molecule has 1 fully saturated rings. The van der Waals surface area contributed by atoms with Gasteiger partial charge < -0.3 is 16.0 Å². The maximum absolute atomic E-state index is 12.0. The van der Waals surface area contributed by atoms with Crippen molar-refractivity contribution in [2.24, 2.45) is 0 Å². The van der Waals surface area contributed by atoms with Crippen LogP contribution in [0.2, 0.25) is 0 Å². The number of piperazine rings is 1. The van der Waals surface area contributed by atoms with Gasteiger partial charge in [0.15, 0.2) is 0 Å². The second-order valence-electron chi connectivity index (χ2n) is 5.88. The lowest BCUT2D eigenvalue weighted by Gasteiger charge is -2.35. The van der Waals surface area contributed by atoms with Gasteiger partial charge in [-0.05, 0) is 27.7 Å². The van der Waals surface area contributed by atoms with E-state index in [1.807, 2.05) is 32.6 Å². The van der Waals surface area contributed by atoms with Gasteiger partial charge in [0, 0.05) is 31.7 Å². The molecule has 1 unspecified atom stereocenters. The predicted molar refractivity (Wildman–Crippen MR) is 74.8 cm³/mol. The SMILES string of the molecule is CCNC(=O)C1CNCCN1CC(=O)NC(C)(C)C. The number of hydrogen-bond donors (Lipinski definition) is 3. The Morgan fingerprint density at radius 2 is 2.05 bits per heavy atom. The first-order valence-electron chi connectivity index (χ1n) is 6.87. The van der Waals surface area contributed by atoms with Crippen molar-refractivity contribution in [3.8, 4) is 0 Å². The van der Waals surface area contributed by atoms with Crippen molar-refractivity contribution in [3.05, 3.63) is 0 Å². The van der Waals surface area contributed by atoms with Crippen molar-refractivity contribution in [2.45, 2.75) is 39.3 Å². The fraction of sp³-hybridized carbons (Fsp3) is 0.846. The van der Waals surface area contributed by atoms with Gasteiger partial charge in [0.25, 0.3) is 0 Å². The van der Waals surface area contributed by atoms with Crippen molar-refractivity contribution in [3.63, 3.8) is 0 Å². The highest BCUT2D eigenvalue weighted by Gasteiger charge is 2.30. The monoisotopic (exact) mass is 270 g/mol. The molecule has 19 heavy (non-hydrogen) atoms. The summed E-state index contributed by atoms with van der Waals surface area (Å²) in [6, 6.07) is -0.264. The van der Waals surface area contributed by atoms with Gasteiger partial charge >= 0.3 is 0 Å². The molecule has 1 saturated heterocycles. The minimum Gasteiger partial charge on any atom is -0.355 e. The molecule has 1 atom stereocenters. The highest BCUT2D eigenvalue weighted by atomic mass is 16.2. The maximum atomic E-state index is 12.0. The van der Waals surface area contributed by atoms with Gasteiger partial charge in [-0.1, -0.05) is 0 Å². The molecule has 0 bridgehead atoms. The molecule has 1 aliphatic heterocycles. The molecule has 2 amide bonds. The third kappa shape index (κ3) is 5.57. The van der Waals surface area contributed by atoms with Gasteiger partial charge in [-0.2, -0.15) is 0 Å². The molecule has 0 aromatic carbocycles. The van der Waals surface area contributed by atoms with Crippen molar-refractivity contribution >= 4 is 11.8 Å². The van der Waals surface area contributed by atoms with Crippen LogP contribution in [0.1, 0.15) is 27.7 Å². The summed E-state index contributed by atoms with van der Waals surface area (Å²) in [6.07, 6.45) is 0. The van der Waals surface area contributed by atoms with Crippen LogP contribution in [-0.2, 0) is 9.59 Å². The molecule has 0 aliphatic carbocycles. The van der Waals surface area contributed by atoms with E-state index in [4.69, 9.17) is 0 Å². The van der Waals surface area contributed by atoms with Crippen LogP contribution < -0.4 is 16.0 Å². The number of rotatable bonds is 4. The van der Waals surface area contributed by atoms with E-state index < -0.39 is 0 Å². The number of nitrogens with zero attached hydrogens (tertiary/aromatic N) is 1. The molecule has 0 radical (unpaired) electrons. The fourth-order valence-electron chi connectivity index (χ4n) is 2.13. The smallest absolute Gasteiger partial charge is 0.238 e. The molecular formula is C13H26N4O2. The zero-order valence-corrected chi connectivity index (χ0v) is 12.4. The molecule has 0 aromatic rings. The fourth-order valence-corrected chi connectivity index (χ4v) is 2.13. The lowest BCUT2D eigenvalue weighted by molar-refractivity contribution is -0.130. The Bertz CT molecular complexity index is 325. The summed E-state index contributed by atoms with van der Waals surface area (Å²) in [6.45, 7) is 10.7. The van der Waals surface area contributed by atoms with E-state index in [-0.39, 0.29) is 29.9 Å². The van der Waals surface area contributed by atoms with E-state index >= 15 is 0 Å². The molecular weight excluding hydrogens is 244 g/mol. The van der Waals surface area contributed by atoms with E-state index in [9.17, 15) is 9.59 Å². The number of nitrogens with one attached hydrogen (secondary N) is 3. The van der Waals surface area contributed by atoms with Crippen molar-refractivity contribution in [2.75, 3.05) is 32.7 Å². The first-order valence-corrected chi connectivity index (χ1v) is 6.87. The third-order valence-corrected chi connectivity index (χ3v) is 2.87. The highest BCUT2D eigenvalue weighted by Crippen LogP contribution is 2.05. The number of carbonyl (C=O) groups is 2. The van der Waals surface area contributed by atoms with Crippen LogP contribution in [0, 0.1) is 0 Å². The first kappa shape index (κ1) is 15.9. The zero-order valence-electron chi connectivity index (χ0n) is 12.4. The summed E-state index contributed by atoms with van der Waals surface area (Å²) in [4.78, 5) is 25.8. The lowest BCUT2D eigenvalue weighted by atomic mass is 10.1. The average molecular weight is 270 g/mol. The summed E-state index contributed by atoms with van der Waals surface area (Å²) < 4.78 is 0. The van der Waals surface area contributed by atoms with E-state index in [0.717, 1.165) is 6.54 Å². The molecule has 1 rings (SSSR count). The van der Waals surface area contributed by atoms with Crippen LogP contribution in [0.4, 0.5) is 0 Å². The summed E-state index contributed by atoms with van der Waals surface area (Å²) in [5, 5.41) is 8.93. The van der Waals surface area contributed by atoms with Crippen molar-refractivity contribution in [1.29, 1.82) is 0 Å². The van der Waals surface area contributed by atoms with E-state index in [1.165, 1.54) is 0 Å². The maximum Gasteiger partial charge on any atom is 0.238 e. The second kappa shape index (κ2) is 6.86. The number of carbonyl (C=O) groups excluding carboxylic acids is 2. The topological polar surface area (TPSA) is 73.5 Å². The average Bonchev–Trinajstić information content (AvgIpc) is 2.27. The quantitative estimate of drug-likeness (QED) is 0.632. The predicted octanol–water partition coefficient (Wildman–Crippen LogP) is -0.689. The molecule has 3 N–H and O–H groups in total. The third-order valence-electron chi connectivity index (χ3n) is 2.87. The van der Waals surface area contributed by atoms with E-state index in [2.05, 4.69) is 16.0 Å². The molecule has 1 heterocycles. The normalized spacial score (nSPS) is 20.9. The summed E-state index contributed by atoms with van der Waals surface area (Å²) in [7, 11) is 0. The Labute approximate surface area is 115 Å². The Kier molecular flexibility index (Phi) is 5.75. The molecule has 0 saturated carbocycles. The number of likely N-dealkylation sites (N-methyl/N-ethyl adjacent to an activating group) is 1. The Morgan fingerprint density at radius 1 is 1.37 bits per heavy atom. The molecule has 110 valence electrons. The number of hydrogen-bond acceptors (Lipinski definition) is 4. The molecule has 6 heteroatoms. The van der Waals surface area contributed by atoms with Gasteiger partial charge in [-0.25, -0.2) is 0 Å².